The fourth-order valence-corrected chi connectivity index (χ4v) is 2.38. The lowest BCUT2D eigenvalue weighted by Gasteiger charge is -2.35. The summed E-state index contributed by atoms with van der Waals surface area (Å²) in [7, 11) is 3.93. The molecule has 0 saturated carbocycles. The van der Waals surface area contributed by atoms with Gasteiger partial charge >= 0.3 is 0 Å². The van der Waals surface area contributed by atoms with Gasteiger partial charge < -0.3 is 19.7 Å². The molecule has 1 heterocycles. The third-order valence-corrected chi connectivity index (χ3v) is 3.40. The average Bonchev–Trinajstić information content (AvgIpc) is 2.30. The molecule has 1 aliphatic rings. The Bertz CT molecular complexity index is 190. The molecule has 0 aromatic rings. The summed E-state index contributed by atoms with van der Waals surface area (Å²) >= 11 is 0. The van der Waals surface area contributed by atoms with Gasteiger partial charge in [0.25, 0.3) is 0 Å². The zero-order valence-corrected chi connectivity index (χ0v) is 11.6. The number of nitrogens with one attached hydrogen (secondary N) is 1. The monoisotopic (exact) mass is 244 g/mol. The lowest BCUT2D eigenvalue weighted by molar-refractivity contribution is 0.0977. The summed E-state index contributed by atoms with van der Waals surface area (Å²) in [6, 6.07) is 0.661. The van der Waals surface area contributed by atoms with Gasteiger partial charge in [0.05, 0.1) is 6.61 Å². The van der Waals surface area contributed by atoms with E-state index in [1.54, 1.807) is 7.11 Å². The first-order valence-corrected chi connectivity index (χ1v) is 6.72. The Balaban J connectivity index is 1.95. The predicted octanol–water partition coefficient (Wildman–Crippen LogP) is 0.969. The van der Waals surface area contributed by atoms with Crippen molar-refractivity contribution in [3.05, 3.63) is 0 Å². The Morgan fingerprint density at radius 1 is 1.29 bits per heavy atom. The molecular formula is C13H28N2O2. The Morgan fingerprint density at radius 2 is 2.12 bits per heavy atom. The Labute approximate surface area is 106 Å². The summed E-state index contributed by atoms with van der Waals surface area (Å²) < 4.78 is 10.5. The summed E-state index contributed by atoms with van der Waals surface area (Å²) in [6.07, 6.45) is 2.24. The van der Waals surface area contributed by atoms with Crippen molar-refractivity contribution in [3.63, 3.8) is 0 Å². The van der Waals surface area contributed by atoms with E-state index in [0.717, 1.165) is 38.7 Å². The number of nitrogens with zero attached hydrogens (tertiary/aromatic N) is 1. The maximum absolute atomic E-state index is 5.53. The van der Waals surface area contributed by atoms with E-state index in [0.29, 0.717) is 6.04 Å². The zero-order valence-electron chi connectivity index (χ0n) is 11.6. The highest BCUT2D eigenvalue weighted by Gasteiger charge is 2.23. The molecule has 1 N–H and O–H groups in total. The fraction of sp³-hybridized carbons (Fsp3) is 1.00. The molecule has 0 aromatic heterocycles. The summed E-state index contributed by atoms with van der Waals surface area (Å²) in [6.45, 7) is 8.10. The average molecular weight is 244 g/mol. The number of hydrogen-bond acceptors (Lipinski definition) is 4. The van der Waals surface area contributed by atoms with Crippen LogP contribution in [-0.2, 0) is 9.47 Å². The van der Waals surface area contributed by atoms with Gasteiger partial charge in [0.15, 0.2) is 0 Å². The molecule has 1 rings (SSSR count). The molecule has 0 radical (unpaired) electrons. The maximum atomic E-state index is 5.53. The number of methoxy groups -OCH3 is 1. The molecule has 102 valence electrons. The van der Waals surface area contributed by atoms with Crippen LogP contribution in [0.5, 0.6) is 0 Å². The van der Waals surface area contributed by atoms with Crippen molar-refractivity contribution < 1.29 is 9.47 Å². The van der Waals surface area contributed by atoms with Gasteiger partial charge in [0.1, 0.15) is 0 Å². The van der Waals surface area contributed by atoms with E-state index < -0.39 is 0 Å². The number of piperidine rings is 1. The van der Waals surface area contributed by atoms with Crippen molar-refractivity contribution in [2.45, 2.75) is 25.8 Å². The van der Waals surface area contributed by atoms with Crippen molar-refractivity contribution >= 4 is 0 Å². The van der Waals surface area contributed by atoms with E-state index >= 15 is 0 Å². The molecule has 0 amide bonds. The molecule has 17 heavy (non-hydrogen) atoms. The van der Waals surface area contributed by atoms with E-state index in [2.05, 4.69) is 24.2 Å². The van der Waals surface area contributed by atoms with Gasteiger partial charge in [-0.15, -0.1) is 0 Å². The summed E-state index contributed by atoms with van der Waals surface area (Å²) in [5, 5.41) is 3.60. The predicted molar refractivity (Wildman–Crippen MR) is 70.4 cm³/mol. The van der Waals surface area contributed by atoms with Crippen LogP contribution in [0.25, 0.3) is 0 Å². The van der Waals surface area contributed by atoms with Crippen molar-refractivity contribution in [2.75, 3.05) is 53.6 Å². The van der Waals surface area contributed by atoms with Gasteiger partial charge in [-0.25, -0.2) is 0 Å². The van der Waals surface area contributed by atoms with E-state index in [4.69, 9.17) is 9.47 Å². The number of hydrogen-bond donors (Lipinski definition) is 1. The molecular weight excluding hydrogens is 216 g/mol. The highest BCUT2D eigenvalue weighted by molar-refractivity contribution is 4.81. The molecule has 0 aromatic carbocycles. The minimum absolute atomic E-state index is 0.661. The SMILES string of the molecule is COCCCOCCNC1CCN(C)CC1C. The molecule has 4 nitrogen and oxygen atoms in total. The first kappa shape index (κ1) is 14.9. The highest BCUT2D eigenvalue weighted by Crippen LogP contribution is 2.14. The third-order valence-electron chi connectivity index (χ3n) is 3.40. The van der Waals surface area contributed by atoms with Gasteiger partial charge in [0.2, 0.25) is 0 Å². The van der Waals surface area contributed by atoms with Gasteiger partial charge in [0, 0.05) is 39.5 Å². The summed E-state index contributed by atoms with van der Waals surface area (Å²) in [5.74, 6) is 0.738. The molecule has 4 heteroatoms. The molecule has 2 atom stereocenters. The minimum atomic E-state index is 0.661. The first-order valence-electron chi connectivity index (χ1n) is 6.72. The molecule has 0 spiro atoms. The summed E-state index contributed by atoms with van der Waals surface area (Å²) in [4.78, 5) is 2.41. The van der Waals surface area contributed by atoms with Crippen LogP contribution in [0.15, 0.2) is 0 Å². The van der Waals surface area contributed by atoms with Crippen LogP contribution in [0.2, 0.25) is 0 Å². The van der Waals surface area contributed by atoms with Crippen LogP contribution >= 0.6 is 0 Å². The second-order valence-corrected chi connectivity index (χ2v) is 5.05. The van der Waals surface area contributed by atoms with Gasteiger partial charge in [-0.05, 0) is 32.4 Å². The van der Waals surface area contributed by atoms with Crippen LogP contribution in [0.4, 0.5) is 0 Å². The Kier molecular flexibility index (Phi) is 7.77. The maximum Gasteiger partial charge on any atom is 0.0591 e. The van der Waals surface area contributed by atoms with Crippen LogP contribution in [0.1, 0.15) is 19.8 Å². The smallest absolute Gasteiger partial charge is 0.0591 e. The highest BCUT2D eigenvalue weighted by atomic mass is 16.5. The quantitative estimate of drug-likeness (QED) is 0.645. The second-order valence-electron chi connectivity index (χ2n) is 5.05. The Hall–Kier alpha value is -0.160. The van der Waals surface area contributed by atoms with Crippen molar-refractivity contribution in [3.8, 4) is 0 Å². The lowest BCUT2D eigenvalue weighted by Crippen LogP contribution is -2.47. The van der Waals surface area contributed by atoms with Crippen LogP contribution in [0, 0.1) is 5.92 Å². The minimum Gasteiger partial charge on any atom is -0.385 e. The number of likely N-dealkylation sites (tertiary alicyclic amines) is 1. The zero-order chi connectivity index (χ0) is 12.5. The molecule has 0 aliphatic carbocycles. The lowest BCUT2D eigenvalue weighted by atomic mass is 9.94. The second kappa shape index (κ2) is 8.86. The first-order chi connectivity index (χ1) is 8.24. The van der Waals surface area contributed by atoms with Gasteiger partial charge in [-0.2, -0.15) is 0 Å². The molecule has 1 saturated heterocycles. The van der Waals surface area contributed by atoms with E-state index in [-0.39, 0.29) is 0 Å². The molecule has 0 bridgehead atoms. The fourth-order valence-electron chi connectivity index (χ4n) is 2.38. The van der Waals surface area contributed by atoms with Crippen molar-refractivity contribution in [1.29, 1.82) is 0 Å². The number of rotatable bonds is 8. The van der Waals surface area contributed by atoms with Gasteiger partial charge in [-0.1, -0.05) is 6.92 Å². The van der Waals surface area contributed by atoms with E-state index in [1.165, 1.54) is 19.5 Å². The molecule has 1 aliphatic heterocycles. The standard InChI is InChI=1S/C13H28N2O2/c1-12-11-15(2)7-5-13(12)14-6-10-17-9-4-8-16-3/h12-14H,4-11H2,1-3H3. The van der Waals surface area contributed by atoms with Crippen molar-refractivity contribution in [1.82, 2.24) is 10.2 Å². The van der Waals surface area contributed by atoms with Crippen LogP contribution < -0.4 is 5.32 Å². The molecule has 1 fully saturated rings. The normalized spacial score (nSPS) is 26.3. The molecule has 2 unspecified atom stereocenters. The Morgan fingerprint density at radius 3 is 2.82 bits per heavy atom. The van der Waals surface area contributed by atoms with E-state index in [1.807, 2.05) is 0 Å². The summed E-state index contributed by atoms with van der Waals surface area (Å²) in [5.41, 5.74) is 0. The van der Waals surface area contributed by atoms with Crippen LogP contribution in [0.3, 0.4) is 0 Å². The van der Waals surface area contributed by atoms with Crippen molar-refractivity contribution in [2.24, 2.45) is 5.92 Å². The van der Waals surface area contributed by atoms with Crippen LogP contribution in [-0.4, -0.2) is 64.6 Å². The van der Waals surface area contributed by atoms with Gasteiger partial charge in [-0.3, -0.25) is 0 Å². The van der Waals surface area contributed by atoms with E-state index in [9.17, 15) is 0 Å². The largest absolute Gasteiger partial charge is 0.385 e. The topological polar surface area (TPSA) is 33.7 Å². The number of ether oxygens (including phenoxy) is 2. The third kappa shape index (κ3) is 6.36.